The normalized spacial score (nSPS) is 10.7. The average Bonchev–Trinajstić information content (AvgIpc) is 2.45. The summed E-state index contributed by atoms with van der Waals surface area (Å²) in [6, 6.07) is 0. The van der Waals surface area contributed by atoms with Crippen molar-refractivity contribution >= 4 is 0 Å². The predicted octanol–water partition coefficient (Wildman–Crippen LogP) is 6.56. The Balaban J connectivity index is 3.12. The molecule has 0 saturated heterocycles. The summed E-state index contributed by atoms with van der Waals surface area (Å²) in [5, 5.41) is 0. The lowest BCUT2D eigenvalue weighted by atomic mass is 10.1. The highest BCUT2D eigenvalue weighted by atomic mass is 17.2. The molecule has 0 N–H and O–H groups in total. The summed E-state index contributed by atoms with van der Waals surface area (Å²) in [6.07, 6.45) is 16.4. The molecule has 0 aromatic rings. The first-order valence-electron chi connectivity index (χ1n) is 8.78. The van der Waals surface area contributed by atoms with Crippen molar-refractivity contribution in [1.82, 2.24) is 0 Å². The van der Waals surface area contributed by atoms with Gasteiger partial charge in [0.25, 0.3) is 0 Å². The van der Waals surface area contributed by atoms with E-state index in [1.165, 1.54) is 70.6 Å². The molecule has 0 amide bonds. The summed E-state index contributed by atoms with van der Waals surface area (Å²) in [7, 11) is 0. The Morgan fingerprint density at radius 3 is 1.80 bits per heavy atom. The van der Waals surface area contributed by atoms with Gasteiger partial charge in [0, 0.05) is 6.42 Å². The molecule has 0 atom stereocenters. The minimum Gasteiger partial charge on any atom is -0.343 e. The van der Waals surface area contributed by atoms with E-state index in [0.29, 0.717) is 6.61 Å². The van der Waals surface area contributed by atoms with Gasteiger partial charge in [-0.1, -0.05) is 84.6 Å². The molecule has 0 saturated carbocycles. The first kappa shape index (κ1) is 19.5. The molecule has 0 radical (unpaired) electrons. The molecule has 20 heavy (non-hydrogen) atoms. The fourth-order valence-electron chi connectivity index (χ4n) is 2.21. The summed E-state index contributed by atoms with van der Waals surface area (Å²) < 4.78 is 0. The van der Waals surface area contributed by atoms with E-state index in [-0.39, 0.29) is 0 Å². The molecule has 0 aliphatic carbocycles. The van der Waals surface area contributed by atoms with Crippen molar-refractivity contribution in [2.24, 2.45) is 0 Å². The molecule has 0 aromatic carbocycles. The number of hydrogen-bond acceptors (Lipinski definition) is 2. The molecule has 120 valence electrons. The van der Waals surface area contributed by atoms with E-state index in [9.17, 15) is 0 Å². The molecule has 2 heteroatoms. The fraction of sp³-hybridized carbons (Fsp3) is 0.889. The zero-order valence-corrected chi connectivity index (χ0v) is 13.9. The Hall–Kier alpha value is -0.500. The average molecular weight is 284 g/mol. The van der Waals surface area contributed by atoms with Crippen LogP contribution in [0.5, 0.6) is 0 Å². The van der Waals surface area contributed by atoms with Crippen molar-refractivity contribution in [3.8, 4) is 0 Å². The maximum atomic E-state index is 5.20. The Bertz CT molecular complexity index is 202. The van der Waals surface area contributed by atoms with Crippen LogP contribution >= 0.6 is 0 Å². The second kappa shape index (κ2) is 16.6. The van der Waals surface area contributed by atoms with Gasteiger partial charge in [-0.3, -0.25) is 0 Å². The summed E-state index contributed by atoms with van der Waals surface area (Å²) in [4.78, 5) is 10.4. The lowest BCUT2D eigenvalue weighted by Crippen LogP contribution is -1.97. The first-order chi connectivity index (χ1) is 9.81. The predicted molar refractivity (Wildman–Crippen MR) is 87.5 cm³/mol. The number of hydrogen-bond donors (Lipinski definition) is 0. The van der Waals surface area contributed by atoms with Crippen LogP contribution in [0.25, 0.3) is 0 Å². The monoisotopic (exact) mass is 284 g/mol. The minimum absolute atomic E-state index is 0.696. The van der Waals surface area contributed by atoms with E-state index in [2.05, 4.69) is 20.4 Å². The number of allylic oxidation sites excluding steroid dienone is 1. The van der Waals surface area contributed by atoms with Crippen LogP contribution in [0, 0.1) is 0 Å². The van der Waals surface area contributed by atoms with Gasteiger partial charge in [-0.15, -0.1) is 0 Å². The first-order valence-corrected chi connectivity index (χ1v) is 8.78. The van der Waals surface area contributed by atoms with Gasteiger partial charge < -0.3 is 4.89 Å². The highest BCUT2D eigenvalue weighted by molar-refractivity contribution is 4.79. The van der Waals surface area contributed by atoms with Crippen molar-refractivity contribution < 1.29 is 9.78 Å². The Kier molecular flexibility index (Phi) is 16.1. The number of rotatable bonds is 16. The van der Waals surface area contributed by atoms with E-state index in [1.807, 2.05) is 0 Å². The third-order valence-corrected chi connectivity index (χ3v) is 3.57. The lowest BCUT2D eigenvalue weighted by Gasteiger charge is -2.07. The molecule has 0 rings (SSSR count). The maximum Gasteiger partial charge on any atom is 0.135 e. The Labute approximate surface area is 126 Å². The third-order valence-electron chi connectivity index (χ3n) is 3.57. The minimum atomic E-state index is 0.696. The molecule has 0 aromatic heterocycles. The van der Waals surface area contributed by atoms with Gasteiger partial charge in [0.1, 0.15) is 5.76 Å². The SMILES string of the molecule is C=C(CCCCCCCC)OOCCCCCCCC. The van der Waals surface area contributed by atoms with E-state index < -0.39 is 0 Å². The van der Waals surface area contributed by atoms with Crippen LogP contribution in [0.3, 0.4) is 0 Å². The van der Waals surface area contributed by atoms with Crippen LogP contribution in [0.4, 0.5) is 0 Å². The van der Waals surface area contributed by atoms with Gasteiger partial charge in [0.05, 0.1) is 6.61 Å². The van der Waals surface area contributed by atoms with E-state index in [0.717, 1.165) is 18.6 Å². The van der Waals surface area contributed by atoms with Crippen molar-refractivity contribution in [2.45, 2.75) is 97.3 Å². The van der Waals surface area contributed by atoms with Crippen LogP contribution in [-0.4, -0.2) is 6.61 Å². The molecule has 0 bridgehead atoms. The van der Waals surface area contributed by atoms with Crippen molar-refractivity contribution in [1.29, 1.82) is 0 Å². The second-order valence-electron chi connectivity index (χ2n) is 5.73. The van der Waals surface area contributed by atoms with E-state index >= 15 is 0 Å². The topological polar surface area (TPSA) is 18.5 Å². The Morgan fingerprint density at radius 1 is 0.700 bits per heavy atom. The quantitative estimate of drug-likeness (QED) is 0.138. The largest absolute Gasteiger partial charge is 0.343 e. The zero-order valence-electron chi connectivity index (χ0n) is 13.9. The smallest absolute Gasteiger partial charge is 0.135 e. The summed E-state index contributed by atoms with van der Waals surface area (Å²) in [5.74, 6) is 0.784. The molecule has 2 nitrogen and oxygen atoms in total. The van der Waals surface area contributed by atoms with Gasteiger partial charge >= 0.3 is 0 Å². The summed E-state index contributed by atoms with van der Waals surface area (Å²) >= 11 is 0. The highest BCUT2D eigenvalue weighted by Crippen LogP contribution is 2.12. The summed E-state index contributed by atoms with van der Waals surface area (Å²) in [5.41, 5.74) is 0. The number of unbranched alkanes of at least 4 members (excludes halogenated alkanes) is 10. The van der Waals surface area contributed by atoms with Crippen molar-refractivity contribution in [3.05, 3.63) is 12.3 Å². The standard InChI is InChI=1S/C18H36O2/c1-4-6-8-10-12-14-16-18(3)20-19-17-15-13-11-9-7-5-2/h3-17H2,1-2H3. The zero-order chi connectivity index (χ0) is 14.9. The van der Waals surface area contributed by atoms with Gasteiger partial charge in [-0.25, -0.2) is 0 Å². The molecule has 0 aliphatic rings. The van der Waals surface area contributed by atoms with Gasteiger partial charge in [-0.05, 0) is 12.8 Å². The third kappa shape index (κ3) is 15.6. The van der Waals surface area contributed by atoms with Crippen LogP contribution in [-0.2, 0) is 9.78 Å². The summed E-state index contributed by atoms with van der Waals surface area (Å²) in [6.45, 7) is 9.09. The van der Waals surface area contributed by atoms with Gasteiger partial charge in [0.2, 0.25) is 0 Å². The molecule has 0 aliphatic heterocycles. The molecule has 0 fully saturated rings. The van der Waals surface area contributed by atoms with E-state index in [1.54, 1.807) is 0 Å². The second-order valence-corrected chi connectivity index (χ2v) is 5.73. The molecule has 0 unspecified atom stereocenters. The maximum absolute atomic E-state index is 5.20. The van der Waals surface area contributed by atoms with Crippen molar-refractivity contribution in [3.63, 3.8) is 0 Å². The van der Waals surface area contributed by atoms with Crippen LogP contribution < -0.4 is 0 Å². The lowest BCUT2D eigenvalue weighted by molar-refractivity contribution is -0.264. The fourth-order valence-corrected chi connectivity index (χ4v) is 2.21. The van der Waals surface area contributed by atoms with Crippen LogP contribution in [0.1, 0.15) is 97.3 Å². The van der Waals surface area contributed by atoms with Crippen LogP contribution in [0.2, 0.25) is 0 Å². The van der Waals surface area contributed by atoms with Gasteiger partial charge in [0.15, 0.2) is 0 Å². The molecule has 0 spiro atoms. The molecular formula is C18H36O2. The molecule has 0 heterocycles. The highest BCUT2D eigenvalue weighted by Gasteiger charge is 1.98. The van der Waals surface area contributed by atoms with Crippen LogP contribution in [0.15, 0.2) is 12.3 Å². The van der Waals surface area contributed by atoms with Crippen molar-refractivity contribution in [2.75, 3.05) is 6.61 Å². The van der Waals surface area contributed by atoms with Gasteiger partial charge in [-0.2, -0.15) is 4.89 Å². The van der Waals surface area contributed by atoms with E-state index in [4.69, 9.17) is 9.78 Å². The Morgan fingerprint density at radius 2 is 1.20 bits per heavy atom. The molecular weight excluding hydrogens is 248 g/mol.